The van der Waals surface area contributed by atoms with Crippen LogP contribution in [0, 0.1) is 5.82 Å². The van der Waals surface area contributed by atoms with Gasteiger partial charge < -0.3 is 14.7 Å². The quantitative estimate of drug-likeness (QED) is 0.907. The summed E-state index contributed by atoms with van der Waals surface area (Å²) in [5.74, 6) is 0.192. The molecule has 0 aliphatic heterocycles. The van der Waals surface area contributed by atoms with Gasteiger partial charge in [-0.15, -0.1) is 0 Å². The first-order valence-electron chi connectivity index (χ1n) is 7.40. The van der Waals surface area contributed by atoms with Gasteiger partial charge in [-0.25, -0.2) is 4.39 Å². The lowest BCUT2D eigenvalue weighted by molar-refractivity contribution is -0.135. The van der Waals surface area contributed by atoms with Gasteiger partial charge in [-0.1, -0.05) is 12.8 Å². The van der Waals surface area contributed by atoms with Crippen molar-refractivity contribution in [1.29, 1.82) is 0 Å². The number of rotatable bonds is 5. The minimum Gasteiger partial charge on any atom is -0.493 e. The zero-order chi connectivity index (χ0) is 15.2. The monoisotopic (exact) mass is 295 g/mol. The van der Waals surface area contributed by atoms with E-state index in [1.54, 1.807) is 11.9 Å². The van der Waals surface area contributed by atoms with Gasteiger partial charge in [0.25, 0.3) is 0 Å². The molecule has 0 radical (unpaired) electrons. The predicted octanol–water partition coefficient (Wildman–Crippen LogP) is 2.36. The molecule has 0 bridgehead atoms. The first kappa shape index (κ1) is 15.8. The van der Waals surface area contributed by atoms with E-state index in [-0.39, 0.29) is 30.8 Å². The van der Waals surface area contributed by atoms with Crippen LogP contribution in [0.4, 0.5) is 4.39 Å². The van der Waals surface area contributed by atoms with E-state index in [1.807, 2.05) is 0 Å². The van der Waals surface area contributed by atoms with Gasteiger partial charge in [0, 0.05) is 7.05 Å². The van der Waals surface area contributed by atoms with Gasteiger partial charge in [0.1, 0.15) is 11.6 Å². The molecule has 21 heavy (non-hydrogen) atoms. The third-order valence-electron chi connectivity index (χ3n) is 3.98. The largest absolute Gasteiger partial charge is 0.493 e. The molecular weight excluding hydrogens is 273 g/mol. The fourth-order valence-corrected chi connectivity index (χ4v) is 2.69. The molecule has 4 nitrogen and oxygen atoms in total. The topological polar surface area (TPSA) is 49.8 Å². The lowest BCUT2D eigenvalue weighted by Gasteiger charge is -2.35. The Hall–Kier alpha value is -1.62. The van der Waals surface area contributed by atoms with Crippen LogP contribution < -0.4 is 4.74 Å². The Bertz CT molecular complexity index is 463. The molecule has 0 spiro atoms. The van der Waals surface area contributed by atoms with E-state index in [9.17, 15) is 14.3 Å². The second kappa shape index (κ2) is 7.41. The average molecular weight is 295 g/mol. The van der Waals surface area contributed by atoms with E-state index in [4.69, 9.17) is 4.74 Å². The van der Waals surface area contributed by atoms with Gasteiger partial charge in [0.2, 0.25) is 5.91 Å². The summed E-state index contributed by atoms with van der Waals surface area (Å²) in [4.78, 5) is 13.7. The van der Waals surface area contributed by atoms with Crippen molar-refractivity contribution in [2.75, 3.05) is 13.7 Å². The molecule has 1 aromatic carbocycles. The molecule has 1 amide bonds. The zero-order valence-corrected chi connectivity index (χ0v) is 12.3. The molecule has 1 saturated carbocycles. The van der Waals surface area contributed by atoms with Crippen LogP contribution in [0.3, 0.4) is 0 Å². The number of hydrogen-bond acceptors (Lipinski definition) is 3. The van der Waals surface area contributed by atoms with Crippen LogP contribution in [0.5, 0.6) is 5.75 Å². The number of aliphatic hydroxyl groups is 1. The summed E-state index contributed by atoms with van der Waals surface area (Å²) in [5.41, 5.74) is 0. The zero-order valence-electron chi connectivity index (χ0n) is 12.3. The maximum atomic E-state index is 12.7. The van der Waals surface area contributed by atoms with Crippen molar-refractivity contribution in [2.45, 2.75) is 44.2 Å². The first-order valence-corrected chi connectivity index (χ1v) is 7.40. The highest BCUT2D eigenvalue weighted by Crippen LogP contribution is 2.22. The van der Waals surface area contributed by atoms with E-state index in [1.165, 1.54) is 24.3 Å². The predicted molar refractivity (Wildman–Crippen MR) is 77.5 cm³/mol. The van der Waals surface area contributed by atoms with Crippen molar-refractivity contribution >= 4 is 5.91 Å². The third kappa shape index (κ3) is 4.43. The molecule has 0 saturated heterocycles. The Morgan fingerprint density at radius 2 is 2.00 bits per heavy atom. The summed E-state index contributed by atoms with van der Waals surface area (Å²) < 4.78 is 18.2. The Labute approximate surface area is 124 Å². The number of carbonyl (C=O) groups excluding carboxylic acids is 1. The Morgan fingerprint density at radius 3 is 2.67 bits per heavy atom. The molecule has 2 atom stereocenters. The summed E-state index contributed by atoms with van der Waals surface area (Å²) in [6.07, 6.45) is 3.50. The van der Waals surface area contributed by atoms with Crippen molar-refractivity contribution in [3.63, 3.8) is 0 Å². The third-order valence-corrected chi connectivity index (χ3v) is 3.98. The summed E-state index contributed by atoms with van der Waals surface area (Å²) in [7, 11) is 1.74. The van der Waals surface area contributed by atoms with Crippen molar-refractivity contribution < 1.29 is 19.0 Å². The molecular formula is C16H22FNO3. The molecule has 2 unspecified atom stereocenters. The van der Waals surface area contributed by atoms with E-state index in [2.05, 4.69) is 0 Å². The maximum absolute atomic E-state index is 12.7. The summed E-state index contributed by atoms with van der Waals surface area (Å²) in [6, 6.07) is 5.63. The number of carbonyl (C=O) groups is 1. The fraction of sp³-hybridized carbons (Fsp3) is 0.562. The highest BCUT2D eigenvalue weighted by atomic mass is 19.1. The Kier molecular flexibility index (Phi) is 5.56. The number of nitrogens with zero attached hydrogens (tertiary/aromatic N) is 1. The van der Waals surface area contributed by atoms with Gasteiger partial charge in [0.15, 0.2) is 0 Å². The lowest BCUT2D eigenvalue weighted by Crippen LogP contribution is -2.46. The summed E-state index contributed by atoms with van der Waals surface area (Å²) in [5, 5.41) is 9.96. The van der Waals surface area contributed by atoms with Crippen molar-refractivity contribution in [1.82, 2.24) is 4.90 Å². The number of amides is 1. The number of halogens is 1. The SMILES string of the molecule is CN(C(=O)CCOc1ccc(F)cc1)C1CCCCC1O. The Morgan fingerprint density at radius 1 is 1.33 bits per heavy atom. The number of benzene rings is 1. The molecule has 116 valence electrons. The van der Waals surface area contributed by atoms with E-state index in [0.717, 1.165) is 25.7 Å². The number of likely N-dealkylation sites (N-methyl/N-ethyl adjacent to an activating group) is 1. The number of hydrogen-bond donors (Lipinski definition) is 1. The highest BCUT2D eigenvalue weighted by molar-refractivity contribution is 5.76. The van der Waals surface area contributed by atoms with Crippen LogP contribution in [-0.2, 0) is 4.79 Å². The van der Waals surface area contributed by atoms with E-state index < -0.39 is 6.10 Å². The van der Waals surface area contributed by atoms with Crippen LogP contribution >= 0.6 is 0 Å². The molecule has 1 aliphatic rings. The van der Waals surface area contributed by atoms with Crippen molar-refractivity contribution in [3.05, 3.63) is 30.1 Å². The van der Waals surface area contributed by atoms with Gasteiger partial charge in [-0.2, -0.15) is 0 Å². The van der Waals surface area contributed by atoms with Crippen LogP contribution in [0.25, 0.3) is 0 Å². The Balaban J connectivity index is 1.77. The van der Waals surface area contributed by atoms with Crippen LogP contribution in [0.1, 0.15) is 32.1 Å². The van der Waals surface area contributed by atoms with Gasteiger partial charge in [-0.05, 0) is 37.1 Å². The summed E-state index contributed by atoms with van der Waals surface area (Å²) in [6.45, 7) is 0.248. The van der Waals surface area contributed by atoms with Crippen LogP contribution in [0.2, 0.25) is 0 Å². The molecule has 2 rings (SSSR count). The van der Waals surface area contributed by atoms with Gasteiger partial charge >= 0.3 is 0 Å². The molecule has 1 aromatic rings. The lowest BCUT2D eigenvalue weighted by atomic mass is 9.91. The van der Waals surface area contributed by atoms with Crippen molar-refractivity contribution in [2.24, 2.45) is 0 Å². The fourth-order valence-electron chi connectivity index (χ4n) is 2.69. The minimum absolute atomic E-state index is 0.0388. The maximum Gasteiger partial charge on any atom is 0.226 e. The molecule has 1 fully saturated rings. The number of aliphatic hydroxyl groups excluding tert-OH is 1. The second-order valence-corrected chi connectivity index (χ2v) is 5.48. The van der Waals surface area contributed by atoms with E-state index >= 15 is 0 Å². The minimum atomic E-state index is -0.425. The smallest absolute Gasteiger partial charge is 0.226 e. The van der Waals surface area contributed by atoms with E-state index in [0.29, 0.717) is 5.75 Å². The molecule has 1 aliphatic carbocycles. The van der Waals surface area contributed by atoms with Gasteiger partial charge in [-0.3, -0.25) is 4.79 Å². The average Bonchev–Trinajstić information content (AvgIpc) is 2.49. The molecule has 0 aromatic heterocycles. The standard InChI is InChI=1S/C16H22FNO3/c1-18(14-4-2-3-5-15(14)19)16(20)10-11-21-13-8-6-12(17)7-9-13/h6-9,14-15,19H,2-5,10-11H2,1H3. The molecule has 0 heterocycles. The first-order chi connectivity index (χ1) is 10.1. The molecule has 5 heteroatoms. The summed E-state index contributed by atoms with van der Waals surface area (Å²) >= 11 is 0. The highest BCUT2D eigenvalue weighted by Gasteiger charge is 2.29. The number of ether oxygens (including phenoxy) is 1. The van der Waals surface area contributed by atoms with Crippen LogP contribution in [0.15, 0.2) is 24.3 Å². The normalized spacial score (nSPS) is 21.9. The van der Waals surface area contributed by atoms with Crippen molar-refractivity contribution in [3.8, 4) is 5.75 Å². The molecule has 1 N–H and O–H groups in total. The van der Waals surface area contributed by atoms with Crippen LogP contribution in [-0.4, -0.2) is 41.7 Å². The van der Waals surface area contributed by atoms with Gasteiger partial charge in [0.05, 0.1) is 25.2 Å². The second-order valence-electron chi connectivity index (χ2n) is 5.48.